The van der Waals surface area contributed by atoms with Gasteiger partial charge in [-0.05, 0) is 36.1 Å². The van der Waals surface area contributed by atoms with Gasteiger partial charge in [-0.3, -0.25) is 0 Å². The van der Waals surface area contributed by atoms with E-state index in [1.54, 1.807) is 6.08 Å². The van der Waals surface area contributed by atoms with Crippen LogP contribution in [-0.4, -0.2) is 73.1 Å². The lowest BCUT2D eigenvalue weighted by Crippen LogP contribution is -2.64. The molecule has 4 aromatic carbocycles. The Morgan fingerprint density at radius 3 is 1.33 bits per heavy atom. The van der Waals surface area contributed by atoms with Crippen molar-refractivity contribution in [3.05, 3.63) is 156 Å². The van der Waals surface area contributed by atoms with Gasteiger partial charge in [-0.25, -0.2) is 0 Å². The number of hydrogen-bond acceptors (Lipinski definition) is 9. The van der Waals surface area contributed by atoms with Crippen LogP contribution in [0.25, 0.3) is 0 Å². The van der Waals surface area contributed by atoms with Crippen molar-refractivity contribution in [3.63, 3.8) is 0 Å². The van der Waals surface area contributed by atoms with Crippen molar-refractivity contribution in [1.29, 1.82) is 0 Å². The van der Waals surface area contributed by atoms with E-state index in [2.05, 4.69) is 6.58 Å². The molecule has 9 nitrogen and oxygen atoms in total. The molecule has 4 aromatic rings. The predicted octanol–water partition coefficient (Wildman–Crippen LogP) is 6.77. The highest BCUT2D eigenvalue weighted by molar-refractivity contribution is 5.16. The van der Waals surface area contributed by atoms with Crippen molar-refractivity contribution in [2.75, 3.05) is 6.61 Å². The van der Waals surface area contributed by atoms with Crippen molar-refractivity contribution in [1.82, 2.24) is 0 Å². The van der Waals surface area contributed by atoms with E-state index in [0.29, 0.717) is 13.2 Å². The predicted molar refractivity (Wildman–Crippen MR) is 196 cm³/mol. The van der Waals surface area contributed by atoms with Gasteiger partial charge in [0.15, 0.2) is 12.6 Å². The van der Waals surface area contributed by atoms with Gasteiger partial charge < -0.3 is 43.0 Å². The van der Waals surface area contributed by atoms with E-state index in [1.165, 1.54) is 0 Å². The first-order valence-electron chi connectivity index (χ1n) is 18.0. The maximum Gasteiger partial charge on any atom is 0.187 e. The summed E-state index contributed by atoms with van der Waals surface area (Å²) in [5.41, 5.74) is 3.93. The Morgan fingerprint density at radius 1 is 0.500 bits per heavy atom. The molecule has 276 valence electrons. The monoisotopic (exact) mass is 710 g/mol. The Bertz CT molecular complexity index is 1590. The highest BCUT2D eigenvalue weighted by Gasteiger charge is 2.52. The highest BCUT2D eigenvalue weighted by Crippen LogP contribution is 2.35. The zero-order chi connectivity index (χ0) is 36.1. The molecule has 0 saturated carbocycles. The van der Waals surface area contributed by atoms with Crippen molar-refractivity contribution in [3.8, 4) is 0 Å². The zero-order valence-corrected chi connectivity index (χ0v) is 29.9. The molecule has 0 unspecified atom stereocenters. The average molecular weight is 711 g/mol. The van der Waals surface area contributed by atoms with Crippen molar-refractivity contribution < 1.29 is 43.0 Å². The quantitative estimate of drug-likeness (QED) is 0.119. The first-order chi connectivity index (χ1) is 25.5. The molecular formula is C43H50O9. The van der Waals surface area contributed by atoms with Crippen LogP contribution in [0, 0.1) is 0 Å². The summed E-state index contributed by atoms with van der Waals surface area (Å²) in [7, 11) is 0. The molecule has 6 rings (SSSR count). The minimum atomic E-state index is -1.26. The Labute approximate surface area is 307 Å². The second-order valence-electron chi connectivity index (χ2n) is 13.2. The summed E-state index contributed by atoms with van der Waals surface area (Å²) in [6, 6.07) is 39.6. The SMILES string of the molecule is C=CCO[C@H]1[C@H](OCc2ccccc2)[C@@H](OCc2ccccc2)[C@H](O[C@H]2[C@H](OCc3ccccc3)[C@@H](OCc3ccccc3)[C@H](O)O[C@@H]2C)O[C@@H]1C. The molecule has 2 aliphatic heterocycles. The second kappa shape index (κ2) is 19.4. The lowest BCUT2D eigenvalue weighted by molar-refractivity contribution is -0.365. The summed E-state index contributed by atoms with van der Waals surface area (Å²) < 4.78 is 52.3. The fraction of sp³-hybridized carbons (Fsp3) is 0.395. The fourth-order valence-electron chi connectivity index (χ4n) is 6.63. The van der Waals surface area contributed by atoms with E-state index in [1.807, 2.05) is 135 Å². The van der Waals surface area contributed by atoms with Gasteiger partial charge in [-0.2, -0.15) is 0 Å². The average Bonchev–Trinajstić information content (AvgIpc) is 3.18. The number of rotatable bonds is 17. The number of aliphatic hydroxyl groups excluding tert-OH is 1. The van der Waals surface area contributed by atoms with E-state index in [9.17, 15) is 5.11 Å². The molecule has 52 heavy (non-hydrogen) atoms. The van der Waals surface area contributed by atoms with Crippen LogP contribution in [0.2, 0.25) is 0 Å². The van der Waals surface area contributed by atoms with Gasteiger partial charge in [0.2, 0.25) is 0 Å². The van der Waals surface area contributed by atoms with Gasteiger partial charge in [0.05, 0.1) is 45.2 Å². The van der Waals surface area contributed by atoms with Gasteiger partial charge >= 0.3 is 0 Å². The molecule has 0 radical (unpaired) electrons. The second-order valence-corrected chi connectivity index (χ2v) is 13.2. The number of benzene rings is 4. The van der Waals surface area contributed by atoms with Gasteiger partial charge in [0.25, 0.3) is 0 Å². The molecule has 0 aromatic heterocycles. The van der Waals surface area contributed by atoms with Crippen LogP contribution in [0.3, 0.4) is 0 Å². The summed E-state index contributed by atoms with van der Waals surface area (Å²) in [4.78, 5) is 0. The standard InChI is InChI=1S/C43H50O9/c1-4-25-45-36-30(2)51-43(41(49-29-35-23-15-8-16-24-35)38(36)46-26-32-17-9-5-10-18-32)52-37-31(3)50-42(44)40(48-28-34-21-13-7-14-22-34)39(37)47-27-33-19-11-6-12-20-33/h4-24,30-31,36-44H,1,25-29H2,2-3H3/t30-,31-,36-,37-,38+,39+,40-,41-,42-,43+/m1/s1. The van der Waals surface area contributed by atoms with Crippen molar-refractivity contribution in [2.45, 2.75) is 102 Å². The van der Waals surface area contributed by atoms with E-state index < -0.39 is 61.4 Å². The van der Waals surface area contributed by atoms with E-state index in [-0.39, 0.29) is 19.8 Å². The van der Waals surface area contributed by atoms with Crippen LogP contribution in [0.1, 0.15) is 36.1 Å². The van der Waals surface area contributed by atoms with Gasteiger partial charge in [-0.15, -0.1) is 6.58 Å². The molecule has 2 saturated heterocycles. The molecule has 9 heteroatoms. The summed E-state index contributed by atoms with van der Waals surface area (Å²) in [6.45, 7) is 9.09. The lowest BCUT2D eigenvalue weighted by Gasteiger charge is -2.49. The maximum absolute atomic E-state index is 11.3. The maximum atomic E-state index is 11.3. The number of aliphatic hydroxyl groups is 1. The third kappa shape index (κ3) is 10.2. The van der Waals surface area contributed by atoms with Crippen LogP contribution in [0.5, 0.6) is 0 Å². The summed E-state index contributed by atoms with van der Waals surface area (Å²) in [5.74, 6) is 0. The zero-order valence-electron chi connectivity index (χ0n) is 29.9. The molecule has 2 fully saturated rings. The number of hydrogen-bond donors (Lipinski definition) is 1. The highest BCUT2D eigenvalue weighted by atomic mass is 16.7. The third-order valence-electron chi connectivity index (χ3n) is 9.31. The topological polar surface area (TPSA) is 94.1 Å². The third-order valence-corrected chi connectivity index (χ3v) is 9.31. The largest absolute Gasteiger partial charge is 0.369 e. The van der Waals surface area contributed by atoms with Crippen LogP contribution in [0.15, 0.2) is 134 Å². The summed E-state index contributed by atoms with van der Waals surface area (Å²) >= 11 is 0. The fourth-order valence-corrected chi connectivity index (χ4v) is 6.63. The van der Waals surface area contributed by atoms with Gasteiger partial charge in [0, 0.05) is 0 Å². The van der Waals surface area contributed by atoms with Crippen LogP contribution in [-0.2, 0) is 64.3 Å². The minimum Gasteiger partial charge on any atom is -0.369 e. The Morgan fingerprint density at radius 2 is 0.885 bits per heavy atom. The molecular weight excluding hydrogens is 660 g/mol. The molecule has 2 heterocycles. The first kappa shape index (κ1) is 38.0. The van der Waals surface area contributed by atoms with Gasteiger partial charge in [0.1, 0.15) is 36.6 Å². The molecule has 1 N–H and O–H groups in total. The molecule has 0 aliphatic carbocycles. The molecule has 0 bridgehead atoms. The normalized spacial score (nSPS) is 29.1. The van der Waals surface area contributed by atoms with Crippen molar-refractivity contribution in [2.24, 2.45) is 0 Å². The minimum absolute atomic E-state index is 0.246. The molecule has 0 amide bonds. The van der Waals surface area contributed by atoms with Crippen LogP contribution in [0.4, 0.5) is 0 Å². The molecule has 10 atom stereocenters. The van der Waals surface area contributed by atoms with E-state index in [4.69, 9.17) is 37.9 Å². The first-order valence-corrected chi connectivity index (χ1v) is 18.0. The van der Waals surface area contributed by atoms with E-state index in [0.717, 1.165) is 22.3 Å². The van der Waals surface area contributed by atoms with Crippen LogP contribution >= 0.6 is 0 Å². The smallest absolute Gasteiger partial charge is 0.187 e. The summed E-state index contributed by atoms with van der Waals surface area (Å²) in [6.07, 6.45) is -5.66. The lowest BCUT2D eigenvalue weighted by atomic mass is 9.96. The van der Waals surface area contributed by atoms with Crippen LogP contribution < -0.4 is 0 Å². The van der Waals surface area contributed by atoms with Gasteiger partial charge in [-0.1, -0.05) is 127 Å². The summed E-state index contributed by atoms with van der Waals surface area (Å²) in [5, 5.41) is 11.3. The van der Waals surface area contributed by atoms with Crippen molar-refractivity contribution >= 4 is 0 Å². The number of ether oxygens (including phenoxy) is 8. The Hall–Kier alpha value is -3.74. The molecule has 0 spiro atoms. The molecule has 2 aliphatic rings. The Balaban J connectivity index is 1.30. The Kier molecular flexibility index (Phi) is 14.2. The van der Waals surface area contributed by atoms with E-state index >= 15 is 0 Å².